The fourth-order valence-corrected chi connectivity index (χ4v) is 4.89. The van der Waals surface area contributed by atoms with Gasteiger partial charge in [-0.15, -0.1) is 23.1 Å². The molecule has 0 spiro atoms. The van der Waals surface area contributed by atoms with Crippen molar-refractivity contribution in [2.75, 3.05) is 17.6 Å². The second kappa shape index (κ2) is 7.31. The zero-order valence-electron chi connectivity index (χ0n) is 12.6. The van der Waals surface area contributed by atoms with Gasteiger partial charge in [-0.2, -0.15) is 0 Å². The van der Waals surface area contributed by atoms with Crippen molar-refractivity contribution in [3.63, 3.8) is 0 Å². The number of amides is 1. The van der Waals surface area contributed by atoms with Gasteiger partial charge in [-0.1, -0.05) is 19.1 Å². The van der Waals surface area contributed by atoms with Crippen LogP contribution in [0, 0.1) is 0 Å². The van der Waals surface area contributed by atoms with Crippen molar-refractivity contribution in [3.8, 4) is 0 Å². The van der Waals surface area contributed by atoms with E-state index in [0.717, 1.165) is 31.0 Å². The van der Waals surface area contributed by atoms with Crippen LogP contribution in [0.3, 0.4) is 0 Å². The first-order chi connectivity index (χ1) is 10.8. The third kappa shape index (κ3) is 3.54. The molecule has 2 heterocycles. The van der Waals surface area contributed by atoms with Crippen LogP contribution in [0.25, 0.3) is 0 Å². The van der Waals surface area contributed by atoms with Crippen LogP contribution in [0.4, 0.5) is 5.69 Å². The molecule has 0 aliphatic carbocycles. The van der Waals surface area contributed by atoms with Crippen LogP contribution < -0.4 is 10.6 Å². The summed E-state index contributed by atoms with van der Waals surface area (Å²) in [5.74, 6) is 1.11. The lowest BCUT2D eigenvalue weighted by atomic mass is 10.1. The first kappa shape index (κ1) is 15.6. The molecule has 0 fully saturated rings. The zero-order chi connectivity index (χ0) is 15.4. The number of anilines is 1. The number of benzene rings is 1. The highest BCUT2D eigenvalue weighted by molar-refractivity contribution is 8.00. The number of fused-ring (bicyclic) bond motifs is 1. The zero-order valence-corrected chi connectivity index (χ0v) is 14.2. The molecule has 2 N–H and O–H groups in total. The van der Waals surface area contributed by atoms with E-state index < -0.39 is 0 Å². The van der Waals surface area contributed by atoms with Gasteiger partial charge in [0.15, 0.2) is 0 Å². The summed E-state index contributed by atoms with van der Waals surface area (Å²) >= 11 is 3.50. The van der Waals surface area contributed by atoms with Gasteiger partial charge in [0.25, 0.3) is 0 Å². The van der Waals surface area contributed by atoms with E-state index in [4.69, 9.17) is 0 Å². The molecule has 1 aliphatic heterocycles. The van der Waals surface area contributed by atoms with Crippen LogP contribution in [0.1, 0.15) is 28.2 Å². The molecule has 0 bridgehead atoms. The molecule has 1 aliphatic rings. The quantitative estimate of drug-likeness (QED) is 0.874. The largest absolute Gasteiger partial charge is 0.325 e. The van der Waals surface area contributed by atoms with E-state index in [0.29, 0.717) is 0 Å². The monoisotopic (exact) mass is 332 g/mol. The van der Waals surface area contributed by atoms with Crippen LogP contribution in [0.15, 0.2) is 35.7 Å². The molecular weight excluding hydrogens is 312 g/mol. The van der Waals surface area contributed by atoms with Crippen LogP contribution in [-0.2, 0) is 17.8 Å². The van der Waals surface area contributed by atoms with Gasteiger partial charge in [0.2, 0.25) is 5.91 Å². The van der Waals surface area contributed by atoms with Gasteiger partial charge in [0.05, 0.1) is 0 Å². The van der Waals surface area contributed by atoms with E-state index in [1.54, 1.807) is 23.1 Å². The topological polar surface area (TPSA) is 41.1 Å². The fourth-order valence-electron chi connectivity index (χ4n) is 2.60. The average Bonchev–Trinajstić information content (AvgIpc) is 3.01. The van der Waals surface area contributed by atoms with Crippen molar-refractivity contribution in [1.29, 1.82) is 0 Å². The minimum atomic E-state index is -0.0765. The lowest BCUT2D eigenvalue weighted by Crippen LogP contribution is -2.22. The summed E-state index contributed by atoms with van der Waals surface area (Å²) in [6.07, 6.45) is 1.08. The molecule has 0 saturated heterocycles. The van der Waals surface area contributed by atoms with Crippen LogP contribution >= 0.6 is 23.1 Å². The molecule has 0 saturated carbocycles. The maximum Gasteiger partial charge on any atom is 0.242 e. The van der Waals surface area contributed by atoms with Gasteiger partial charge in [0, 0.05) is 17.1 Å². The Bertz CT molecular complexity index is 654. The first-order valence-corrected chi connectivity index (χ1v) is 9.49. The molecule has 116 valence electrons. The standard InChI is InChI=1S/C17H20N2OS2/c1-2-18-11-12-4-3-5-13(10-12)19-17(20)16-14-6-8-21-15(14)7-9-22-16/h3-6,8,10,16,18H,2,7,9,11H2,1H3,(H,19,20). The predicted octanol–water partition coefficient (Wildman–Crippen LogP) is 3.83. The van der Waals surface area contributed by atoms with Gasteiger partial charge in [0.1, 0.15) is 5.25 Å². The van der Waals surface area contributed by atoms with Gasteiger partial charge < -0.3 is 10.6 Å². The van der Waals surface area contributed by atoms with E-state index in [2.05, 4.69) is 35.1 Å². The second-order valence-electron chi connectivity index (χ2n) is 5.27. The highest BCUT2D eigenvalue weighted by atomic mass is 32.2. The Hall–Kier alpha value is -1.30. The van der Waals surface area contributed by atoms with Gasteiger partial charge in [-0.05, 0) is 53.4 Å². The Morgan fingerprint density at radius 1 is 1.36 bits per heavy atom. The Labute approximate surface area is 139 Å². The normalized spacial score (nSPS) is 17.0. The van der Waals surface area contributed by atoms with Gasteiger partial charge in [-0.25, -0.2) is 0 Å². The van der Waals surface area contributed by atoms with Crippen molar-refractivity contribution in [3.05, 3.63) is 51.7 Å². The summed E-state index contributed by atoms with van der Waals surface area (Å²) in [7, 11) is 0. The molecule has 3 rings (SSSR count). The lowest BCUT2D eigenvalue weighted by Gasteiger charge is -2.21. The van der Waals surface area contributed by atoms with Crippen LogP contribution in [0.5, 0.6) is 0 Å². The highest BCUT2D eigenvalue weighted by Crippen LogP contribution is 2.39. The van der Waals surface area contributed by atoms with Crippen molar-refractivity contribution >= 4 is 34.7 Å². The van der Waals surface area contributed by atoms with Crippen molar-refractivity contribution in [2.45, 2.75) is 25.1 Å². The van der Waals surface area contributed by atoms with Crippen molar-refractivity contribution < 1.29 is 4.79 Å². The number of hydrogen-bond acceptors (Lipinski definition) is 4. The number of hydrogen-bond donors (Lipinski definition) is 2. The molecule has 1 aromatic heterocycles. The Balaban J connectivity index is 1.70. The first-order valence-electron chi connectivity index (χ1n) is 7.56. The molecule has 5 heteroatoms. The summed E-state index contributed by atoms with van der Waals surface area (Å²) in [6, 6.07) is 10.2. The highest BCUT2D eigenvalue weighted by Gasteiger charge is 2.27. The molecule has 1 atom stereocenters. The van der Waals surface area contributed by atoms with E-state index in [9.17, 15) is 4.79 Å². The predicted molar refractivity (Wildman–Crippen MR) is 95.7 cm³/mol. The number of aryl methyl sites for hydroxylation is 1. The second-order valence-corrected chi connectivity index (χ2v) is 7.48. The van der Waals surface area contributed by atoms with E-state index in [1.165, 1.54) is 16.0 Å². The minimum absolute atomic E-state index is 0.0765. The molecule has 1 aromatic carbocycles. The Morgan fingerprint density at radius 3 is 3.14 bits per heavy atom. The number of thioether (sulfide) groups is 1. The summed E-state index contributed by atoms with van der Waals surface area (Å²) in [6.45, 7) is 3.85. The van der Waals surface area contributed by atoms with E-state index in [-0.39, 0.29) is 11.2 Å². The molecule has 1 unspecified atom stereocenters. The SMILES string of the molecule is CCNCc1cccc(NC(=O)C2SCCc3sccc32)c1. The van der Waals surface area contributed by atoms with Crippen molar-refractivity contribution in [2.24, 2.45) is 0 Å². The number of rotatable bonds is 5. The summed E-state index contributed by atoms with van der Waals surface area (Å²) in [4.78, 5) is 14.0. The molecule has 3 nitrogen and oxygen atoms in total. The number of carbonyl (C=O) groups excluding carboxylic acids is 1. The summed E-state index contributed by atoms with van der Waals surface area (Å²) in [5.41, 5.74) is 3.26. The molecular formula is C17H20N2OS2. The minimum Gasteiger partial charge on any atom is -0.325 e. The summed E-state index contributed by atoms with van der Waals surface area (Å²) in [5, 5.41) is 8.39. The van der Waals surface area contributed by atoms with Gasteiger partial charge in [-0.3, -0.25) is 4.79 Å². The molecule has 2 aromatic rings. The maximum atomic E-state index is 12.6. The van der Waals surface area contributed by atoms with Crippen molar-refractivity contribution in [1.82, 2.24) is 5.32 Å². The van der Waals surface area contributed by atoms with E-state index in [1.807, 2.05) is 18.2 Å². The lowest BCUT2D eigenvalue weighted by molar-refractivity contribution is -0.115. The fraction of sp³-hybridized carbons (Fsp3) is 0.353. The summed E-state index contributed by atoms with van der Waals surface area (Å²) < 4.78 is 0. The smallest absolute Gasteiger partial charge is 0.242 e. The van der Waals surface area contributed by atoms with E-state index >= 15 is 0 Å². The number of thiophene rings is 1. The number of carbonyl (C=O) groups is 1. The van der Waals surface area contributed by atoms with Crippen LogP contribution in [-0.4, -0.2) is 18.2 Å². The third-order valence-corrected chi connectivity index (χ3v) is 5.93. The molecule has 22 heavy (non-hydrogen) atoms. The average molecular weight is 332 g/mol. The third-order valence-electron chi connectivity index (χ3n) is 3.69. The van der Waals surface area contributed by atoms with Gasteiger partial charge >= 0.3 is 0 Å². The van der Waals surface area contributed by atoms with Crippen LogP contribution in [0.2, 0.25) is 0 Å². The molecule has 0 radical (unpaired) electrons. The molecule has 1 amide bonds. The Morgan fingerprint density at radius 2 is 2.27 bits per heavy atom. The maximum absolute atomic E-state index is 12.6. The number of nitrogens with one attached hydrogen (secondary N) is 2. The Kier molecular flexibility index (Phi) is 5.18.